The van der Waals surface area contributed by atoms with E-state index >= 15 is 0 Å². The summed E-state index contributed by atoms with van der Waals surface area (Å²) in [5.41, 5.74) is 7.78. The average molecular weight is 326 g/mol. The van der Waals surface area contributed by atoms with Crippen LogP contribution in [0.15, 0.2) is 24.5 Å². The number of nitrogen functional groups attached to an aromatic ring is 1. The first-order valence-electron chi connectivity index (χ1n) is 4.94. The summed E-state index contributed by atoms with van der Waals surface area (Å²) in [6.07, 6.45) is 4.29. The van der Waals surface area contributed by atoms with Gasteiger partial charge in [0.05, 0.1) is 9.26 Å². The number of hydrogen-bond acceptors (Lipinski definition) is 4. The van der Waals surface area contributed by atoms with Crippen molar-refractivity contribution in [3.05, 3.63) is 33.8 Å². The zero-order valence-corrected chi connectivity index (χ0v) is 11.0. The molecule has 2 rings (SSSR count). The van der Waals surface area contributed by atoms with Crippen LogP contribution in [0.1, 0.15) is 12.6 Å². The van der Waals surface area contributed by atoms with Gasteiger partial charge in [-0.1, -0.05) is 6.92 Å². The van der Waals surface area contributed by atoms with Crippen molar-refractivity contribution in [2.24, 2.45) is 0 Å². The molecule has 0 saturated carbocycles. The first-order chi connectivity index (χ1) is 7.72. The van der Waals surface area contributed by atoms with E-state index in [9.17, 15) is 0 Å². The Balaban J connectivity index is 2.55. The van der Waals surface area contributed by atoms with Gasteiger partial charge in [0.1, 0.15) is 5.82 Å². The van der Waals surface area contributed by atoms with Crippen molar-refractivity contribution in [2.75, 3.05) is 5.73 Å². The third-order valence-electron chi connectivity index (χ3n) is 2.22. The van der Waals surface area contributed by atoms with Crippen molar-refractivity contribution in [1.29, 1.82) is 0 Å². The van der Waals surface area contributed by atoms with Crippen molar-refractivity contribution in [3.8, 4) is 11.4 Å². The minimum atomic E-state index is 0.541. The predicted molar refractivity (Wildman–Crippen MR) is 71.8 cm³/mol. The zero-order chi connectivity index (χ0) is 11.5. The van der Waals surface area contributed by atoms with E-state index in [0.29, 0.717) is 11.6 Å². The standard InChI is InChI=1S/C11H11IN4/c1-2-8-9(12)10(13)16-11(15-8)7-3-5-14-6-4-7/h3-6H,2H2,1H3,(H2,13,15,16). The van der Waals surface area contributed by atoms with Crippen molar-refractivity contribution in [3.63, 3.8) is 0 Å². The minimum absolute atomic E-state index is 0.541. The second-order valence-corrected chi connectivity index (χ2v) is 4.36. The molecule has 0 amide bonds. The SMILES string of the molecule is CCc1nc(-c2ccncc2)nc(N)c1I. The highest BCUT2D eigenvalue weighted by molar-refractivity contribution is 14.1. The van der Waals surface area contributed by atoms with Crippen molar-refractivity contribution in [2.45, 2.75) is 13.3 Å². The van der Waals surface area contributed by atoms with Gasteiger partial charge >= 0.3 is 0 Å². The molecule has 0 unspecified atom stereocenters. The lowest BCUT2D eigenvalue weighted by atomic mass is 10.2. The number of aromatic nitrogens is 3. The Morgan fingerprint density at radius 1 is 1.25 bits per heavy atom. The van der Waals surface area contributed by atoms with Gasteiger partial charge in [-0.05, 0) is 41.1 Å². The lowest BCUT2D eigenvalue weighted by Gasteiger charge is -2.07. The minimum Gasteiger partial charge on any atom is -0.383 e. The number of halogens is 1. The summed E-state index contributed by atoms with van der Waals surface area (Å²) < 4.78 is 0.943. The van der Waals surface area contributed by atoms with Gasteiger partial charge in [-0.2, -0.15) is 0 Å². The van der Waals surface area contributed by atoms with E-state index in [1.807, 2.05) is 12.1 Å². The van der Waals surface area contributed by atoms with Gasteiger partial charge in [0, 0.05) is 18.0 Å². The highest BCUT2D eigenvalue weighted by atomic mass is 127. The van der Waals surface area contributed by atoms with Crippen molar-refractivity contribution >= 4 is 28.4 Å². The molecule has 2 aromatic rings. The first kappa shape index (κ1) is 11.3. The Morgan fingerprint density at radius 3 is 2.56 bits per heavy atom. The molecule has 4 nitrogen and oxygen atoms in total. The molecule has 16 heavy (non-hydrogen) atoms. The van der Waals surface area contributed by atoms with E-state index in [1.54, 1.807) is 12.4 Å². The monoisotopic (exact) mass is 326 g/mol. The van der Waals surface area contributed by atoms with Crippen LogP contribution in [-0.4, -0.2) is 15.0 Å². The van der Waals surface area contributed by atoms with Crippen LogP contribution in [0.25, 0.3) is 11.4 Å². The third kappa shape index (κ3) is 2.13. The smallest absolute Gasteiger partial charge is 0.161 e. The average Bonchev–Trinajstić information content (AvgIpc) is 2.33. The number of nitrogens with two attached hydrogens (primary N) is 1. The van der Waals surface area contributed by atoms with Gasteiger partial charge in [-0.25, -0.2) is 9.97 Å². The second-order valence-electron chi connectivity index (χ2n) is 3.28. The fraction of sp³-hybridized carbons (Fsp3) is 0.182. The fourth-order valence-electron chi connectivity index (χ4n) is 1.38. The quantitative estimate of drug-likeness (QED) is 0.860. The number of nitrogens with zero attached hydrogens (tertiary/aromatic N) is 3. The molecule has 0 atom stereocenters. The van der Waals surface area contributed by atoms with Crippen molar-refractivity contribution in [1.82, 2.24) is 15.0 Å². The Bertz CT molecular complexity index is 499. The summed E-state index contributed by atoms with van der Waals surface area (Å²) in [5, 5.41) is 0. The van der Waals surface area contributed by atoms with Crippen LogP contribution < -0.4 is 5.73 Å². The molecule has 0 fully saturated rings. The number of anilines is 1. The Hall–Kier alpha value is -1.24. The molecular formula is C11H11IN4. The van der Waals surface area contributed by atoms with E-state index in [1.165, 1.54) is 0 Å². The van der Waals surface area contributed by atoms with Crippen LogP contribution in [0.3, 0.4) is 0 Å². The van der Waals surface area contributed by atoms with Crippen molar-refractivity contribution < 1.29 is 0 Å². The molecule has 0 bridgehead atoms. The molecule has 0 spiro atoms. The molecule has 0 radical (unpaired) electrons. The Morgan fingerprint density at radius 2 is 1.94 bits per heavy atom. The summed E-state index contributed by atoms with van der Waals surface area (Å²) >= 11 is 2.18. The Kier molecular flexibility index (Phi) is 3.33. The van der Waals surface area contributed by atoms with Gasteiger partial charge in [0.25, 0.3) is 0 Å². The van der Waals surface area contributed by atoms with Crippen LogP contribution in [0, 0.1) is 3.57 Å². The second kappa shape index (κ2) is 4.73. The maximum absolute atomic E-state index is 5.86. The highest BCUT2D eigenvalue weighted by Crippen LogP contribution is 2.21. The van der Waals surface area contributed by atoms with Crippen LogP contribution in [0.4, 0.5) is 5.82 Å². The van der Waals surface area contributed by atoms with Crippen LogP contribution >= 0.6 is 22.6 Å². The first-order valence-corrected chi connectivity index (χ1v) is 6.02. The van der Waals surface area contributed by atoms with Gasteiger partial charge in [-0.3, -0.25) is 4.98 Å². The molecule has 82 valence electrons. The normalized spacial score (nSPS) is 10.4. The number of pyridine rings is 1. The summed E-state index contributed by atoms with van der Waals surface area (Å²) in [4.78, 5) is 12.7. The molecule has 2 aromatic heterocycles. The summed E-state index contributed by atoms with van der Waals surface area (Å²) in [6.45, 7) is 2.06. The number of rotatable bonds is 2. The van der Waals surface area contributed by atoms with Crippen LogP contribution in [0.2, 0.25) is 0 Å². The predicted octanol–water partition coefficient (Wildman–Crippen LogP) is 2.29. The summed E-state index contributed by atoms with van der Waals surface area (Å²) in [7, 11) is 0. The highest BCUT2D eigenvalue weighted by Gasteiger charge is 2.09. The van der Waals surface area contributed by atoms with E-state index in [-0.39, 0.29) is 0 Å². The molecule has 0 aromatic carbocycles. The number of aryl methyl sites for hydroxylation is 1. The van der Waals surface area contributed by atoms with Gasteiger partial charge < -0.3 is 5.73 Å². The molecule has 5 heteroatoms. The van der Waals surface area contributed by atoms with Gasteiger partial charge in [-0.15, -0.1) is 0 Å². The Labute approximate surface area is 107 Å². The summed E-state index contributed by atoms with van der Waals surface area (Å²) in [6, 6.07) is 3.75. The molecular weight excluding hydrogens is 315 g/mol. The fourth-order valence-corrected chi connectivity index (χ4v) is 2.00. The molecule has 0 saturated heterocycles. The van der Waals surface area contributed by atoms with Crippen LogP contribution in [0.5, 0.6) is 0 Å². The lowest BCUT2D eigenvalue weighted by Crippen LogP contribution is -2.04. The lowest BCUT2D eigenvalue weighted by molar-refractivity contribution is 0.993. The van der Waals surface area contributed by atoms with Gasteiger partial charge in [0.15, 0.2) is 5.82 Å². The van der Waals surface area contributed by atoms with E-state index in [4.69, 9.17) is 5.73 Å². The van der Waals surface area contributed by atoms with E-state index < -0.39 is 0 Å². The molecule has 2 N–H and O–H groups in total. The molecule has 0 aliphatic carbocycles. The van der Waals surface area contributed by atoms with E-state index in [0.717, 1.165) is 21.2 Å². The maximum atomic E-state index is 5.86. The zero-order valence-electron chi connectivity index (χ0n) is 8.81. The number of hydrogen-bond donors (Lipinski definition) is 1. The largest absolute Gasteiger partial charge is 0.383 e. The van der Waals surface area contributed by atoms with E-state index in [2.05, 4.69) is 44.5 Å². The molecule has 0 aliphatic rings. The van der Waals surface area contributed by atoms with Gasteiger partial charge in [0.2, 0.25) is 0 Å². The third-order valence-corrected chi connectivity index (χ3v) is 3.39. The molecule has 2 heterocycles. The maximum Gasteiger partial charge on any atom is 0.161 e. The summed E-state index contributed by atoms with van der Waals surface area (Å²) in [5.74, 6) is 1.21. The topological polar surface area (TPSA) is 64.7 Å². The molecule has 0 aliphatic heterocycles. The van der Waals surface area contributed by atoms with Crippen LogP contribution in [-0.2, 0) is 6.42 Å².